The second-order valence-corrected chi connectivity index (χ2v) is 7.39. The Labute approximate surface area is 125 Å². The molecule has 0 fully saturated rings. The van der Waals surface area contributed by atoms with Crippen LogP contribution in [0.4, 0.5) is 0 Å². The molecule has 118 valence electrons. The lowest BCUT2D eigenvalue weighted by Crippen LogP contribution is -2.38. The highest BCUT2D eigenvalue weighted by atomic mass is 32.2. The third kappa shape index (κ3) is 4.26. The molecule has 0 aliphatic rings. The summed E-state index contributed by atoms with van der Waals surface area (Å²) in [5.41, 5.74) is 0.379. The monoisotopic (exact) mass is 314 g/mol. The van der Waals surface area contributed by atoms with Gasteiger partial charge in [0.05, 0.1) is 4.90 Å². The maximum absolute atomic E-state index is 12.0. The summed E-state index contributed by atoms with van der Waals surface area (Å²) in [7, 11) is -0.587. The van der Waals surface area contributed by atoms with Gasteiger partial charge in [-0.25, -0.2) is 12.7 Å². The molecule has 21 heavy (non-hydrogen) atoms. The van der Waals surface area contributed by atoms with Crippen molar-refractivity contribution < 1.29 is 18.3 Å². The minimum Gasteiger partial charge on any atom is -0.396 e. The molecule has 1 aromatic carbocycles. The van der Waals surface area contributed by atoms with Gasteiger partial charge in [-0.15, -0.1) is 0 Å². The third-order valence-corrected chi connectivity index (χ3v) is 5.22. The zero-order chi connectivity index (χ0) is 16.2. The molecule has 0 spiro atoms. The molecular weight excluding hydrogens is 292 g/mol. The van der Waals surface area contributed by atoms with Gasteiger partial charge in [0.15, 0.2) is 0 Å². The van der Waals surface area contributed by atoms with E-state index in [4.69, 9.17) is 5.11 Å². The van der Waals surface area contributed by atoms with Gasteiger partial charge in [-0.2, -0.15) is 0 Å². The zero-order valence-electron chi connectivity index (χ0n) is 12.7. The van der Waals surface area contributed by atoms with Crippen LogP contribution in [0.5, 0.6) is 0 Å². The lowest BCUT2D eigenvalue weighted by atomic mass is 10.0. The molecule has 0 saturated heterocycles. The number of sulfonamides is 1. The van der Waals surface area contributed by atoms with Gasteiger partial charge in [0, 0.05) is 32.3 Å². The number of hydrogen-bond acceptors (Lipinski definition) is 4. The molecule has 6 nitrogen and oxygen atoms in total. The molecular formula is C14H22N2O4S. The minimum atomic E-state index is -3.49. The second kappa shape index (κ2) is 7.02. The maximum atomic E-state index is 12.0. The van der Waals surface area contributed by atoms with Crippen molar-refractivity contribution in [1.29, 1.82) is 0 Å². The van der Waals surface area contributed by atoms with Gasteiger partial charge in [-0.3, -0.25) is 4.79 Å². The number of rotatable bonds is 6. The van der Waals surface area contributed by atoms with Crippen molar-refractivity contribution in [2.24, 2.45) is 5.92 Å². The Kier molecular flexibility index (Phi) is 5.88. The summed E-state index contributed by atoms with van der Waals surface area (Å²) in [6.07, 6.45) is 0. The van der Waals surface area contributed by atoms with Crippen molar-refractivity contribution in [3.8, 4) is 0 Å². The Hall–Kier alpha value is -1.44. The molecule has 0 aromatic heterocycles. The van der Waals surface area contributed by atoms with E-state index in [9.17, 15) is 13.2 Å². The molecule has 2 N–H and O–H groups in total. The maximum Gasteiger partial charge on any atom is 0.251 e. The first-order chi connectivity index (χ1) is 9.70. The normalized spacial score (nSPS) is 14.8. The van der Waals surface area contributed by atoms with Crippen molar-refractivity contribution in [2.75, 3.05) is 20.7 Å². The molecule has 2 unspecified atom stereocenters. The average molecular weight is 314 g/mol. The fourth-order valence-electron chi connectivity index (χ4n) is 1.58. The molecule has 1 amide bonds. The zero-order valence-corrected chi connectivity index (χ0v) is 13.5. The molecule has 1 rings (SSSR count). The van der Waals surface area contributed by atoms with Gasteiger partial charge in [-0.05, 0) is 37.1 Å². The highest BCUT2D eigenvalue weighted by Gasteiger charge is 2.19. The number of nitrogens with one attached hydrogen (secondary N) is 1. The van der Waals surface area contributed by atoms with E-state index in [1.165, 1.54) is 38.4 Å². The third-order valence-electron chi connectivity index (χ3n) is 3.40. The van der Waals surface area contributed by atoms with Crippen LogP contribution in [0.15, 0.2) is 29.2 Å². The smallest absolute Gasteiger partial charge is 0.251 e. The van der Waals surface area contributed by atoms with Crippen LogP contribution < -0.4 is 5.32 Å². The first kappa shape index (κ1) is 17.6. The average Bonchev–Trinajstić information content (AvgIpc) is 2.46. The topological polar surface area (TPSA) is 86.7 Å². The van der Waals surface area contributed by atoms with E-state index in [0.717, 1.165) is 4.31 Å². The summed E-state index contributed by atoms with van der Waals surface area (Å²) in [6.45, 7) is 3.63. The van der Waals surface area contributed by atoms with Gasteiger partial charge in [0.2, 0.25) is 10.0 Å². The van der Waals surface area contributed by atoms with Crippen LogP contribution in [-0.4, -0.2) is 50.5 Å². The predicted molar refractivity (Wildman–Crippen MR) is 80.5 cm³/mol. The van der Waals surface area contributed by atoms with Gasteiger partial charge >= 0.3 is 0 Å². The molecule has 1 aromatic rings. The van der Waals surface area contributed by atoms with E-state index in [1.807, 2.05) is 13.8 Å². The Morgan fingerprint density at radius 3 is 2.19 bits per heavy atom. The molecule has 0 radical (unpaired) electrons. The van der Waals surface area contributed by atoms with E-state index < -0.39 is 10.0 Å². The number of amides is 1. The fraction of sp³-hybridized carbons (Fsp3) is 0.500. The van der Waals surface area contributed by atoms with Gasteiger partial charge in [0.25, 0.3) is 5.91 Å². The van der Waals surface area contributed by atoms with Crippen LogP contribution in [-0.2, 0) is 10.0 Å². The Balaban J connectivity index is 2.86. The molecule has 2 atom stereocenters. The lowest BCUT2D eigenvalue weighted by Gasteiger charge is -2.19. The van der Waals surface area contributed by atoms with Gasteiger partial charge in [0.1, 0.15) is 0 Å². The van der Waals surface area contributed by atoms with Crippen LogP contribution in [0.3, 0.4) is 0 Å². The molecule has 0 saturated carbocycles. The standard InChI is InChI=1S/C14H22N2O4S/c1-10(9-17)11(2)15-14(18)12-5-7-13(8-6-12)21(19,20)16(3)4/h5-8,10-11,17H,9H2,1-4H3,(H,15,18). The Morgan fingerprint density at radius 1 is 1.24 bits per heavy atom. The molecule has 0 heterocycles. The molecule has 0 bridgehead atoms. The number of aliphatic hydroxyl groups excluding tert-OH is 1. The van der Waals surface area contributed by atoms with E-state index >= 15 is 0 Å². The summed E-state index contributed by atoms with van der Waals surface area (Å²) in [5, 5.41) is 11.8. The van der Waals surface area contributed by atoms with Crippen molar-refractivity contribution in [3.05, 3.63) is 29.8 Å². The largest absolute Gasteiger partial charge is 0.396 e. The first-order valence-corrected chi connectivity index (χ1v) is 8.08. The SMILES string of the molecule is CC(CO)C(C)NC(=O)c1ccc(S(=O)(=O)N(C)C)cc1. The predicted octanol–water partition coefficient (Wildman–Crippen LogP) is 0.684. The van der Waals surface area contributed by atoms with E-state index in [1.54, 1.807) is 0 Å². The van der Waals surface area contributed by atoms with Crippen LogP contribution in [0, 0.1) is 5.92 Å². The number of benzene rings is 1. The highest BCUT2D eigenvalue weighted by molar-refractivity contribution is 7.89. The molecule has 0 aliphatic heterocycles. The van der Waals surface area contributed by atoms with Gasteiger partial charge in [-0.1, -0.05) is 6.92 Å². The minimum absolute atomic E-state index is 0.0124. The van der Waals surface area contributed by atoms with Crippen molar-refractivity contribution in [2.45, 2.75) is 24.8 Å². The van der Waals surface area contributed by atoms with Gasteiger partial charge < -0.3 is 10.4 Å². The molecule has 0 aliphatic carbocycles. The van der Waals surface area contributed by atoms with Crippen LogP contribution in [0.2, 0.25) is 0 Å². The van der Waals surface area contributed by atoms with Crippen molar-refractivity contribution >= 4 is 15.9 Å². The summed E-state index contributed by atoms with van der Waals surface area (Å²) in [6, 6.07) is 5.59. The van der Waals surface area contributed by atoms with Crippen LogP contribution in [0.25, 0.3) is 0 Å². The summed E-state index contributed by atoms with van der Waals surface area (Å²) >= 11 is 0. The van der Waals surface area contributed by atoms with Crippen molar-refractivity contribution in [1.82, 2.24) is 9.62 Å². The fourth-order valence-corrected chi connectivity index (χ4v) is 2.48. The van der Waals surface area contributed by atoms with E-state index in [0.29, 0.717) is 5.56 Å². The summed E-state index contributed by atoms with van der Waals surface area (Å²) in [5.74, 6) is -0.348. The summed E-state index contributed by atoms with van der Waals surface area (Å²) < 4.78 is 25.0. The second-order valence-electron chi connectivity index (χ2n) is 5.23. The number of carbonyl (C=O) groups excluding carboxylic acids is 1. The number of aliphatic hydroxyl groups is 1. The first-order valence-electron chi connectivity index (χ1n) is 6.64. The number of hydrogen-bond donors (Lipinski definition) is 2. The van der Waals surface area contributed by atoms with Crippen molar-refractivity contribution in [3.63, 3.8) is 0 Å². The van der Waals surface area contributed by atoms with Crippen LogP contribution in [0.1, 0.15) is 24.2 Å². The Morgan fingerprint density at radius 2 is 1.76 bits per heavy atom. The summed E-state index contributed by atoms with van der Waals surface area (Å²) in [4.78, 5) is 12.2. The quantitative estimate of drug-likeness (QED) is 0.808. The van der Waals surface area contributed by atoms with E-state index in [-0.39, 0.29) is 29.4 Å². The number of nitrogens with zero attached hydrogens (tertiary/aromatic N) is 1. The van der Waals surface area contributed by atoms with Crippen LogP contribution >= 0.6 is 0 Å². The lowest BCUT2D eigenvalue weighted by molar-refractivity contribution is 0.0916. The Bertz CT molecular complexity index is 581. The number of carbonyl (C=O) groups is 1. The highest BCUT2D eigenvalue weighted by Crippen LogP contribution is 2.14. The molecule has 7 heteroatoms. The van der Waals surface area contributed by atoms with E-state index in [2.05, 4.69) is 5.32 Å².